The van der Waals surface area contributed by atoms with Gasteiger partial charge in [-0.25, -0.2) is 4.98 Å². The number of benzene rings is 2. The van der Waals surface area contributed by atoms with E-state index in [-0.39, 0.29) is 23.8 Å². The Morgan fingerprint density at radius 2 is 2.04 bits per heavy atom. The van der Waals surface area contributed by atoms with Gasteiger partial charge in [0.2, 0.25) is 5.91 Å². The Labute approximate surface area is 166 Å². The summed E-state index contributed by atoms with van der Waals surface area (Å²) in [6.07, 6.45) is 2.06. The second-order valence-corrected chi connectivity index (χ2v) is 7.98. The van der Waals surface area contributed by atoms with Gasteiger partial charge in [0.25, 0.3) is 5.69 Å². The lowest BCUT2D eigenvalue weighted by molar-refractivity contribution is -0.383. The van der Waals surface area contributed by atoms with Crippen molar-refractivity contribution in [3.8, 4) is 0 Å². The van der Waals surface area contributed by atoms with Gasteiger partial charge < -0.3 is 5.32 Å². The van der Waals surface area contributed by atoms with Gasteiger partial charge in [-0.2, -0.15) is 0 Å². The van der Waals surface area contributed by atoms with Crippen molar-refractivity contribution >= 4 is 38.8 Å². The minimum absolute atomic E-state index is 0.0955. The summed E-state index contributed by atoms with van der Waals surface area (Å²) >= 11 is 1.72. The molecule has 4 rings (SSSR count). The first-order chi connectivity index (χ1) is 13.6. The number of amides is 1. The Morgan fingerprint density at radius 3 is 2.86 bits per heavy atom. The molecule has 2 aromatic carbocycles. The van der Waals surface area contributed by atoms with Crippen molar-refractivity contribution in [3.05, 3.63) is 63.7 Å². The number of nitro benzene ring substituents is 1. The molecule has 0 unspecified atom stereocenters. The molecule has 0 bridgehead atoms. The standard InChI is InChI=1S/C20H20N4O3S/c25-19(21-15-7-1-3-9-17(15)24(26)27)13-23-11-5-6-14(12-23)20-22-16-8-2-4-10-18(16)28-20/h1-4,7-10,14H,5-6,11-13H2,(H,21,25)/t14-/m0/s1. The number of likely N-dealkylation sites (tertiary alicyclic amines) is 1. The van der Waals surface area contributed by atoms with Crippen molar-refractivity contribution in [3.63, 3.8) is 0 Å². The normalized spacial score (nSPS) is 17.5. The fourth-order valence-corrected chi connectivity index (χ4v) is 4.69. The molecule has 1 saturated heterocycles. The van der Waals surface area contributed by atoms with Crippen LogP contribution < -0.4 is 5.32 Å². The highest BCUT2D eigenvalue weighted by Gasteiger charge is 2.26. The molecule has 1 amide bonds. The fraction of sp³-hybridized carbons (Fsp3) is 0.300. The molecule has 8 heteroatoms. The lowest BCUT2D eigenvalue weighted by atomic mass is 9.99. The quantitative estimate of drug-likeness (QED) is 0.520. The number of piperidine rings is 1. The minimum Gasteiger partial charge on any atom is -0.319 e. The highest BCUT2D eigenvalue weighted by atomic mass is 32.1. The zero-order chi connectivity index (χ0) is 19.5. The molecule has 1 N–H and O–H groups in total. The van der Waals surface area contributed by atoms with E-state index in [1.165, 1.54) is 10.8 Å². The molecular weight excluding hydrogens is 376 g/mol. The van der Waals surface area contributed by atoms with E-state index < -0.39 is 4.92 Å². The van der Waals surface area contributed by atoms with Crippen molar-refractivity contribution in [1.82, 2.24) is 9.88 Å². The second kappa shape index (κ2) is 8.04. The van der Waals surface area contributed by atoms with Crippen LogP contribution in [0.1, 0.15) is 23.8 Å². The fourth-order valence-electron chi connectivity index (χ4n) is 3.60. The van der Waals surface area contributed by atoms with Crippen LogP contribution in [0.4, 0.5) is 11.4 Å². The summed E-state index contributed by atoms with van der Waals surface area (Å²) < 4.78 is 1.18. The van der Waals surface area contributed by atoms with Crippen LogP contribution in [0.25, 0.3) is 10.2 Å². The number of para-hydroxylation sites is 3. The van der Waals surface area contributed by atoms with Crippen LogP contribution in [0.2, 0.25) is 0 Å². The molecule has 1 fully saturated rings. The average molecular weight is 396 g/mol. The number of hydrogen-bond donors (Lipinski definition) is 1. The number of nitrogens with one attached hydrogen (secondary N) is 1. The summed E-state index contributed by atoms with van der Waals surface area (Å²) in [5, 5.41) is 14.9. The molecule has 1 aliphatic heterocycles. The lowest BCUT2D eigenvalue weighted by Gasteiger charge is -2.31. The summed E-state index contributed by atoms with van der Waals surface area (Å²) in [6.45, 7) is 1.82. The minimum atomic E-state index is -0.486. The molecule has 0 aliphatic carbocycles. The summed E-state index contributed by atoms with van der Waals surface area (Å²) in [4.78, 5) is 29.9. The zero-order valence-electron chi connectivity index (χ0n) is 15.2. The maximum atomic E-state index is 12.5. The van der Waals surface area contributed by atoms with E-state index in [1.807, 2.05) is 18.2 Å². The second-order valence-electron chi connectivity index (χ2n) is 6.92. The third-order valence-corrected chi connectivity index (χ3v) is 6.11. The number of hydrogen-bond acceptors (Lipinski definition) is 6. The van der Waals surface area contributed by atoms with Gasteiger partial charge in [0.05, 0.1) is 26.7 Å². The van der Waals surface area contributed by atoms with Crippen LogP contribution >= 0.6 is 11.3 Å². The average Bonchev–Trinajstić information content (AvgIpc) is 3.13. The van der Waals surface area contributed by atoms with Gasteiger partial charge in [0, 0.05) is 18.5 Å². The first-order valence-electron chi connectivity index (χ1n) is 9.21. The summed E-state index contributed by atoms with van der Waals surface area (Å²) in [5.74, 6) is 0.0734. The van der Waals surface area contributed by atoms with E-state index >= 15 is 0 Å². The van der Waals surface area contributed by atoms with E-state index in [0.29, 0.717) is 5.92 Å². The molecule has 2 heterocycles. The van der Waals surface area contributed by atoms with E-state index in [9.17, 15) is 14.9 Å². The predicted molar refractivity (Wildman–Crippen MR) is 110 cm³/mol. The number of anilines is 1. The Morgan fingerprint density at radius 1 is 1.25 bits per heavy atom. The first kappa shape index (κ1) is 18.5. The van der Waals surface area contributed by atoms with E-state index in [1.54, 1.807) is 29.5 Å². The van der Waals surface area contributed by atoms with Gasteiger partial charge in [-0.3, -0.25) is 19.8 Å². The van der Waals surface area contributed by atoms with Crippen molar-refractivity contribution in [2.45, 2.75) is 18.8 Å². The van der Waals surface area contributed by atoms with Crippen LogP contribution in [0.15, 0.2) is 48.5 Å². The first-order valence-corrected chi connectivity index (χ1v) is 10.0. The van der Waals surface area contributed by atoms with E-state index in [2.05, 4.69) is 16.3 Å². The third-order valence-electron chi connectivity index (χ3n) is 4.91. The molecule has 7 nitrogen and oxygen atoms in total. The van der Waals surface area contributed by atoms with Crippen LogP contribution in [0.5, 0.6) is 0 Å². The summed E-state index contributed by atoms with van der Waals surface area (Å²) in [5.41, 5.74) is 1.16. The van der Waals surface area contributed by atoms with Gasteiger partial charge >= 0.3 is 0 Å². The van der Waals surface area contributed by atoms with E-state index in [0.717, 1.165) is 36.5 Å². The van der Waals surface area contributed by atoms with Gasteiger partial charge in [-0.1, -0.05) is 24.3 Å². The Kier molecular flexibility index (Phi) is 5.31. The number of fused-ring (bicyclic) bond motifs is 1. The predicted octanol–water partition coefficient (Wildman–Crippen LogP) is 4.02. The Hall–Kier alpha value is -2.84. The molecule has 1 aromatic heterocycles. The molecule has 0 radical (unpaired) electrons. The smallest absolute Gasteiger partial charge is 0.292 e. The molecule has 0 spiro atoms. The van der Waals surface area contributed by atoms with Crippen LogP contribution in [0.3, 0.4) is 0 Å². The van der Waals surface area contributed by atoms with E-state index in [4.69, 9.17) is 4.98 Å². The van der Waals surface area contributed by atoms with Crippen LogP contribution in [-0.4, -0.2) is 40.3 Å². The van der Waals surface area contributed by atoms with Gasteiger partial charge in [-0.15, -0.1) is 11.3 Å². The molecule has 1 aliphatic rings. The summed E-state index contributed by atoms with van der Waals surface area (Å²) in [7, 11) is 0. The molecular formula is C20H20N4O3S. The van der Waals surface area contributed by atoms with Crippen molar-refractivity contribution in [2.75, 3.05) is 25.0 Å². The molecule has 1 atom stereocenters. The monoisotopic (exact) mass is 396 g/mol. The molecule has 144 valence electrons. The highest BCUT2D eigenvalue weighted by molar-refractivity contribution is 7.18. The number of carbonyl (C=O) groups is 1. The number of nitro groups is 1. The van der Waals surface area contributed by atoms with Crippen molar-refractivity contribution in [1.29, 1.82) is 0 Å². The van der Waals surface area contributed by atoms with Gasteiger partial charge in [-0.05, 0) is 37.6 Å². The number of carbonyl (C=O) groups excluding carboxylic acids is 1. The molecule has 3 aromatic rings. The lowest BCUT2D eigenvalue weighted by Crippen LogP contribution is -2.39. The van der Waals surface area contributed by atoms with Crippen LogP contribution in [-0.2, 0) is 4.79 Å². The molecule has 0 saturated carbocycles. The number of nitrogens with zero attached hydrogens (tertiary/aromatic N) is 3. The number of thiazole rings is 1. The zero-order valence-corrected chi connectivity index (χ0v) is 16.0. The molecule has 28 heavy (non-hydrogen) atoms. The largest absolute Gasteiger partial charge is 0.319 e. The maximum Gasteiger partial charge on any atom is 0.292 e. The topological polar surface area (TPSA) is 88.4 Å². The maximum absolute atomic E-state index is 12.5. The van der Waals surface area contributed by atoms with Crippen molar-refractivity contribution < 1.29 is 9.72 Å². The third kappa shape index (κ3) is 4.02. The highest BCUT2D eigenvalue weighted by Crippen LogP contribution is 2.33. The van der Waals surface area contributed by atoms with Gasteiger partial charge in [0.1, 0.15) is 5.69 Å². The number of aromatic nitrogens is 1. The van der Waals surface area contributed by atoms with Gasteiger partial charge in [0.15, 0.2) is 0 Å². The Bertz CT molecular complexity index is 986. The van der Waals surface area contributed by atoms with Crippen LogP contribution in [0, 0.1) is 10.1 Å². The SMILES string of the molecule is O=C(CN1CCC[C@H](c2nc3ccccc3s2)C1)Nc1ccccc1[N+](=O)[O-]. The summed E-state index contributed by atoms with van der Waals surface area (Å²) in [6, 6.07) is 14.3. The Balaban J connectivity index is 1.41. The van der Waals surface area contributed by atoms with Crippen molar-refractivity contribution in [2.24, 2.45) is 0 Å². The number of rotatable bonds is 5.